The van der Waals surface area contributed by atoms with E-state index in [-0.39, 0.29) is 39.7 Å². The summed E-state index contributed by atoms with van der Waals surface area (Å²) in [5.74, 6) is -3.49. The number of oxazole rings is 1. The number of fused-ring (bicyclic) bond motifs is 1. The van der Waals surface area contributed by atoms with Gasteiger partial charge in [-0.05, 0) is 30.7 Å². The van der Waals surface area contributed by atoms with Crippen molar-refractivity contribution in [2.24, 2.45) is 0 Å². The molecule has 0 bridgehead atoms. The molecule has 0 aliphatic rings. The number of benzene rings is 2. The summed E-state index contributed by atoms with van der Waals surface area (Å²) in [5.41, 5.74) is 1.39. The number of aromatic nitrogens is 1. The lowest BCUT2D eigenvalue weighted by atomic mass is 10.2. The van der Waals surface area contributed by atoms with E-state index in [1.807, 2.05) is 0 Å². The first kappa shape index (κ1) is 19.4. The number of hydrogen-bond donors (Lipinski definition) is 1. The Hall–Kier alpha value is -2.32. The van der Waals surface area contributed by atoms with Gasteiger partial charge < -0.3 is 9.73 Å². The summed E-state index contributed by atoms with van der Waals surface area (Å²) in [6, 6.07) is 11.6. The summed E-state index contributed by atoms with van der Waals surface area (Å²) in [6.45, 7) is 0.303. The topological polar surface area (TPSA) is 64.2 Å². The number of hydrogen-bond acceptors (Lipinski definition) is 4. The van der Waals surface area contributed by atoms with E-state index >= 15 is 0 Å². The fraction of sp³-hybridized carbons (Fsp3) is 0.222. The molecule has 0 radical (unpaired) electrons. The van der Waals surface area contributed by atoms with Crippen LogP contribution >= 0.6 is 23.4 Å². The fourth-order valence-corrected chi connectivity index (χ4v) is 3.57. The lowest BCUT2D eigenvalue weighted by Crippen LogP contribution is -2.17. The van der Waals surface area contributed by atoms with Gasteiger partial charge in [-0.2, -0.15) is 8.78 Å². The maximum atomic E-state index is 12.7. The SMILES string of the molecule is O=C(CCCn1c(=O)oc2ccccc21)Nc1cccc(Cl)c1SC(F)F. The van der Waals surface area contributed by atoms with E-state index < -0.39 is 11.5 Å². The summed E-state index contributed by atoms with van der Waals surface area (Å²) in [6.07, 6.45) is 0.490. The Morgan fingerprint density at radius 2 is 2.00 bits per heavy atom. The van der Waals surface area contributed by atoms with Crippen molar-refractivity contribution in [3.63, 3.8) is 0 Å². The van der Waals surface area contributed by atoms with Crippen molar-refractivity contribution in [2.75, 3.05) is 5.32 Å². The van der Waals surface area contributed by atoms with E-state index in [9.17, 15) is 18.4 Å². The average Bonchev–Trinajstić information content (AvgIpc) is 2.93. The summed E-state index contributed by atoms with van der Waals surface area (Å²) in [5, 5.41) is 2.75. The largest absolute Gasteiger partial charge is 0.419 e. The van der Waals surface area contributed by atoms with Gasteiger partial charge in [0.05, 0.1) is 21.1 Å². The molecule has 1 N–H and O–H groups in total. The lowest BCUT2D eigenvalue weighted by Gasteiger charge is -2.12. The van der Waals surface area contributed by atoms with Crippen molar-refractivity contribution in [1.82, 2.24) is 4.57 Å². The molecule has 2 aromatic carbocycles. The van der Waals surface area contributed by atoms with Crippen LogP contribution < -0.4 is 11.1 Å². The van der Waals surface area contributed by atoms with Crippen LogP contribution in [0.15, 0.2) is 56.6 Å². The highest BCUT2D eigenvalue weighted by atomic mass is 35.5. The zero-order valence-corrected chi connectivity index (χ0v) is 15.5. The number of thioether (sulfide) groups is 1. The van der Waals surface area contributed by atoms with Gasteiger partial charge in [0.15, 0.2) is 5.58 Å². The molecule has 1 amide bonds. The molecular formula is C18H15ClF2N2O3S. The Morgan fingerprint density at radius 3 is 2.78 bits per heavy atom. The first-order chi connectivity index (χ1) is 13.0. The van der Waals surface area contributed by atoms with Crippen molar-refractivity contribution in [2.45, 2.75) is 30.0 Å². The zero-order chi connectivity index (χ0) is 19.4. The summed E-state index contributed by atoms with van der Waals surface area (Å²) >= 11 is 6.23. The number of nitrogens with zero attached hydrogens (tertiary/aromatic N) is 1. The number of carbonyl (C=O) groups is 1. The number of amides is 1. The van der Waals surface area contributed by atoms with E-state index in [0.29, 0.717) is 24.1 Å². The molecule has 0 saturated heterocycles. The van der Waals surface area contributed by atoms with Crippen LogP contribution in [-0.4, -0.2) is 16.2 Å². The number of para-hydroxylation sites is 2. The first-order valence-corrected chi connectivity index (χ1v) is 9.33. The number of halogens is 3. The highest BCUT2D eigenvalue weighted by Gasteiger charge is 2.15. The maximum Gasteiger partial charge on any atom is 0.419 e. The number of rotatable bonds is 7. The molecule has 27 heavy (non-hydrogen) atoms. The molecule has 0 saturated carbocycles. The molecule has 5 nitrogen and oxygen atoms in total. The smallest absolute Gasteiger partial charge is 0.408 e. The van der Waals surface area contributed by atoms with Gasteiger partial charge in [0.1, 0.15) is 0 Å². The Bertz CT molecular complexity index is 1020. The molecule has 0 atom stereocenters. The molecule has 3 rings (SSSR count). The minimum absolute atomic E-state index is 0.108. The number of alkyl halides is 2. The van der Waals surface area contributed by atoms with Crippen LogP contribution in [0.2, 0.25) is 5.02 Å². The highest BCUT2D eigenvalue weighted by Crippen LogP contribution is 2.37. The monoisotopic (exact) mass is 412 g/mol. The predicted molar refractivity (Wildman–Crippen MR) is 102 cm³/mol. The van der Waals surface area contributed by atoms with E-state index in [1.165, 1.54) is 16.7 Å². The van der Waals surface area contributed by atoms with Crippen LogP contribution in [0.25, 0.3) is 11.1 Å². The van der Waals surface area contributed by atoms with Gasteiger partial charge in [-0.25, -0.2) is 4.79 Å². The van der Waals surface area contributed by atoms with Crippen LogP contribution in [0.4, 0.5) is 14.5 Å². The van der Waals surface area contributed by atoms with E-state index in [2.05, 4.69) is 5.32 Å². The third-order valence-corrected chi connectivity index (χ3v) is 5.09. The molecule has 0 aliphatic heterocycles. The third kappa shape index (κ3) is 4.70. The minimum Gasteiger partial charge on any atom is -0.408 e. The fourth-order valence-electron chi connectivity index (χ4n) is 2.65. The van der Waals surface area contributed by atoms with Gasteiger partial charge in [0.25, 0.3) is 5.76 Å². The van der Waals surface area contributed by atoms with Crippen molar-refractivity contribution in [3.8, 4) is 0 Å². The van der Waals surface area contributed by atoms with E-state index in [4.69, 9.17) is 16.0 Å². The van der Waals surface area contributed by atoms with E-state index in [0.717, 1.165) is 0 Å². The van der Waals surface area contributed by atoms with Gasteiger partial charge in [-0.3, -0.25) is 9.36 Å². The third-order valence-electron chi connectivity index (χ3n) is 3.81. The second kappa shape index (κ2) is 8.58. The minimum atomic E-state index is -2.65. The number of aryl methyl sites for hydroxylation is 1. The first-order valence-electron chi connectivity index (χ1n) is 8.07. The second-order valence-electron chi connectivity index (χ2n) is 5.63. The molecule has 0 spiro atoms. The van der Waals surface area contributed by atoms with Gasteiger partial charge in [-0.15, -0.1) is 0 Å². The zero-order valence-electron chi connectivity index (χ0n) is 14.0. The summed E-state index contributed by atoms with van der Waals surface area (Å²) in [4.78, 5) is 24.2. The molecular weight excluding hydrogens is 398 g/mol. The highest BCUT2D eigenvalue weighted by molar-refractivity contribution is 7.99. The van der Waals surface area contributed by atoms with Gasteiger partial charge >= 0.3 is 5.76 Å². The Kier molecular flexibility index (Phi) is 6.18. The molecule has 0 aliphatic carbocycles. The predicted octanol–water partition coefficient (Wildman–Crippen LogP) is 4.98. The van der Waals surface area contributed by atoms with Crippen LogP contribution in [-0.2, 0) is 11.3 Å². The van der Waals surface area contributed by atoms with Crippen molar-refractivity contribution in [3.05, 3.63) is 58.0 Å². The number of nitrogens with one attached hydrogen (secondary N) is 1. The summed E-state index contributed by atoms with van der Waals surface area (Å²) < 4.78 is 32.0. The maximum absolute atomic E-state index is 12.7. The molecule has 0 fully saturated rings. The van der Waals surface area contributed by atoms with Crippen LogP contribution in [0.5, 0.6) is 0 Å². The van der Waals surface area contributed by atoms with Gasteiger partial charge in [-0.1, -0.05) is 41.6 Å². The van der Waals surface area contributed by atoms with Gasteiger partial charge in [0, 0.05) is 13.0 Å². The molecule has 1 heterocycles. The lowest BCUT2D eigenvalue weighted by molar-refractivity contribution is -0.116. The van der Waals surface area contributed by atoms with Crippen molar-refractivity contribution >= 4 is 46.1 Å². The molecule has 0 unspecified atom stereocenters. The molecule has 9 heteroatoms. The standard InChI is InChI=1S/C18H15ClF2N2O3S/c19-11-5-3-6-12(16(11)27-17(20)21)22-15(24)9-4-10-23-13-7-1-2-8-14(13)26-18(23)25/h1-3,5-8,17H,4,9-10H2,(H,22,24). The average molecular weight is 413 g/mol. The van der Waals surface area contributed by atoms with E-state index in [1.54, 1.807) is 30.3 Å². The summed E-state index contributed by atoms with van der Waals surface area (Å²) in [7, 11) is 0. The van der Waals surface area contributed by atoms with Crippen LogP contribution in [0.3, 0.4) is 0 Å². The van der Waals surface area contributed by atoms with Crippen molar-refractivity contribution < 1.29 is 18.0 Å². The second-order valence-corrected chi connectivity index (χ2v) is 7.04. The van der Waals surface area contributed by atoms with Crippen LogP contribution in [0, 0.1) is 0 Å². The Balaban J connectivity index is 1.63. The number of carbonyl (C=O) groups excluding carboxylic acids is 1. The van der Waals surface area contributed by atoms with Gasteiger partial charge in [0.2, 0.25) is 5.91 Å². The normalized spacial score (nSPS) is 11.3. The molecule has 1 aromatic heterocycles. The molecule has 142 valence electrons. The quantitative estimate of drug-likeness (QED) is 0.556. The van der Waals surface area contributed by atoms with Crippen molar-refractivity contribution in [1.29, 1.82) is 0 Å². The molecule has 3 aromatic rings. The Morgan fingerprint density at radius 1 is 1.22 bits per heavy atom. The van der Waals surface area contributed by atoms with Crippen LogP contribution in [0.1, 0.15) is 12.8 Å². The number of anilines is 1. The Labute approximate surface area is 162 Å².